The van der Waals surface area contributed by atoms with E-state index in [9.17, 15) is 4.79 Å². The van der Waals surface area contributed by atoms with Gasteiger partial charge in [0, 0.05) is 19.6 Å². The van der Waals surface area contributed by atoms with E-state index in [1.54, 1.807) is 7.11 Å². The van der Waals surface area contributed by atoms with Crippen LogP contribution in [0.15, 0.2) is 24.3 Å². The van der Waals surface area contributed by atoms with Crippen molar-refractivity contribution in [3.63, 3.8) is 0 Å². The number of ether oxygens (including phenoxy) is 2. The van der Waals surface area contributed by atoms with Crippen LogP contribution in [0.3, 0.4) is 0 Å². The average molecular weight is 280 g/mol. The number of hydrogen-bond acceptors (Lipinski definition) is 5. The quantitative estimate of drug-likeness (QED) is 0.670. The molecule has 20 heavy (non-hydrogen) atoms. The van der Waals surface area contributed by atoms with Gasteiger partial charge in [-0.15, -0.1) is 0 Å². The van der Waals surface area contributed by atoms with Crippen LogP contribution in [0.1, 0.15) is 5.56 Å². The minimum absolute atomic E-state index is 0.203. The number of benzene rings is 1. The van der Waals surface area contributed by atoms with Crippen LogP contribution in [-0.2, 0) is 16.1 Å². The largest absolute Gasteiger partial charge is 0.497 e. The third-order valence-electron chi connectivity index (χ3n) is 3.10. The van der Waals surface area contributed by atoms with E-state index in [-0.39, 0.29) is 5.97 Å². The molecule has 0 amide bonds. The molecule has 1 rings (SSSR count). The summed E-state index contributed by atoms with van der Waals surface area (Å²) in [4.78, 5) is 15.3. The van der Waals surface area contributed by atoms with Crippen LogP contribution in [-0.4, -0.2) is 63.7 Å². The summed E-state index contributed by atoms with van der Waals surface area (Å²) in [7, 11) is 7.05. The van der Waals surface area contributed by atoms with Crippen molar-refractivity contribution in [3.05, 3.63) is 29.8 Å². The molecule has 0 aliphatic carbocycles. The molecule has 0 heterocycles. The van der Waals surface area contributed by atoms with Gasteiger partial charge in [0.1, 0.15) is 5.75 Å². The fraction of sp³-hybridized carbons (Fsp3) is 0.533. The molecular weight excluding hydrogens is 256 g/mol. The third kappa shape index (κ3) is 6.04. The Morgan fingerprint density at radius 1 is 1.05 bits per heavy atom. The normalized spacial score (nSPS) is 10.9. The summed E-state index contributed by atoms with van der Waals surface area (Å²) in [6.45, 7) is 2.91. The number of nitrogens with zero attached hydrogens (tertiary/aromatic N) is 2. The van der Waals surface area contributed by atoms with E-state index >= 15 is 0 Å². The molecule has 5 nitrogen and oxygen atoms in total. The summed E-state index contributed by atoms with van der Waals surface area (Å²) in [5.74, 6) is 0.666. The lowest BCUT2D eigenvalue weighted by molar-refractivity contribution is -0.141. The van der Waals surface area contributed by atoms with Crippen molar-refractivity contribution >= 4 is 5.97 Å². The SMILES string of the molecule is COC(=O)CN(C)CCN(C)Cc1ccc(OC)cc1. The monoisotopic (exact) mass is 280 g/mol. The van der Waals surface area contributed by atoms with Gasteiger partial charge < -0.3 is 14.4 Å². The van der Waals surface area contributed by atoms with Gasteiger partial charge in [-0.1, -0.05) is 12.1 Å². The summed E-state index contributed by atoms with van der Waals surface area (Å²) >= 11 is 0. The summed E-state index contributed by atoms with van der Waals surface area (Å²) in [5.41, 5.74) is 1.24. The van der Waals surface area contributed by atoms with Crippen LogP contribution in [0, 0.1) is 0 Å². The number of carbonyl (C=O) groups excluding carboxylic acids is 1. The molecule has 0 aliphatic heterocycles. The molecule has 1 aromatic carbocycles. The highest BCUT2D eigenvalue weighted by molar-refractivity contribution is 5.71. The van der Waals surface area contributed by atoms with E-state index in [1.165, 1.54) is 12.7 Å². The lowest BCUT2D eigenvalue weighted by Crippen LogP contribution is -2.34. The van der Waals surface area contributed by atoms with Gasteiger partial charge in [-0.05, 0) is 31.8 Å². The first-order valence-corrected chi connectivity index (χ1v) is 6.62. The first-order chi connectivity index (χ1) is 9.55. The number of esters is 1. The fourth-order valence-electron chi connectivity index (χ4n) is 1.83. The molecule has 0 unspecified atom stereocenters. The Morgan fingerprint density at radius 3 is 2.20 bits per heavy atom. The number of hydrogen-bond donors (Lipinski definition) is 0. The van der Waals surface area contributed by atoms with Crippen molar-refractivity contribution < 1.29 is 14.3 Å². The van der Waals surface area contributed by atoms with Crippen LogP contribution >= 0.6 is 0 Å². The van der Waals surface area contributed by atoms with E-state index in [4.69, 9.17) is 4.74 Å². The van der Waals surface area contributed by atoms with Crippen LogP contribution in [0.4, 0.5) is 0 Å². The van der Waals surface area contributed by atoms with E-state index < -0.39 is 0 Å². The highest BCUT2D eigenvalue weighted by Crippen LogP contribution is 2.12. The number of methoxy groups -OCH3 is 2. The Morgan fingerprint density at radius 2 is 1.65 bits per heavy atom. The van der Waals surface area contributed by atoms with Gasteiger partial charge in [0.15, 0.2) is 0 Å². The lowest BCUT2D eigenvalue weighted by atomic mass is 10.2. The van der Waals surface area contributed by atoms with E-state index in [2.05, 4.69) is 28.8 Å². The maximum atomic E-state index is 11.1. The molecule has 0 aliphatic rings. The predicted molar refractivity (Wildman–Crippen MR) is 78.8 cm³/mol. The smallest absolute Gasteiger partial charge is 0.319 e. The molecule has 0 bridgehead atoms. The fourth-order valence-corrected chi connectivity index (χ4v) is 1.83. The minimum Gasteiger partial charge on any atom is -0.497 e. The molecule has 0 saturated carbocycles. The number of carbonyl (C=O) groups is 1. The Hall–Kier alpha value is -1.59. The zero-order chi connectivity index (χ0) is 15.0. The third-order valence-corrected chi connectivity index (χ3v) is 3.10. The second-order valence-corrected chi connectivity index (χ2v) is 4.90. The summed E-state index contributed by atoms with van der Waals surface area (Å²) in [6, 6.07) is 8.06. The number of likely N-dealkylation sites (N-methyl/N-ethyl adjacent to an activating group) is 2. The van der Waals surface area contributed by atoms with Crippen LogP contribution in [0.5, 0.6) is 5.75 Å². The Labute approximate surface area is 121 Å². The van der Waals surface area contributed by atoms with Crippen molar-refractivity contribution in [1.29, 1.82) is 0 Å². The maximum Gasteiger partial charge on any atom is 0.319 e. The molecule has 0 atom stereocenters. The molecule has 5 heteroatoms. The van der Waals surface area contributed by atoms with Gasteiger partial charge >= 0.3 is 5.97 Å². The van der Waals surface area contributed by atoms with Crippen molar-refractivity contribution in [2.24, 2.45) is 0 Å². The van der Waals surface area contributed by atoms with Gasteiger partial charge in [0.05, 0.1) is 20.8 Å². The zero-order valence-corrected chi connectivity index (χ0v) is 12.8. The minimum atomic E-state index is -0.203. The van der Waals surface area contributed by atoms with Crippen molar-refractivity contribution in [3.8, 4) is 5.75 Å². The molecule has 0 aromatic heterocycles. The second kappa shape index (κ2) is 8.55. The van der Waals surface area contributed by atoms with Gasteiger partial charge in [-0.25, -0.2) is 0 Å². The van der Waals surface area contributed by atoms with Gasteiger partial charge in [0.2, 0.25) is 0 Å². The zero-order valence-electron chi connectivity index (χ0n) is 12.8. The lowest BCUT2D eigenvalue weighted by Gasteiger charge is -2.21. The van der Waals surface area contributed by atoms with E-state index in [1.807, 2.05) is 24.1 Å². The predicted octanol–water partition coefficient (Wildman–Crippen LogP) is 1.23. The van der Waals surface area contributed by atoms with Crippen LogP contribution in [0.2, 0.25) is 0 Å². The Kier molecular flexibility index (Phi) is 7.04. The molecular formula is C15H24N2O3. The van der Waals surface area contributed by atoms with Crippen molar-refractivity contribution in [2.75, 3.05) is 47.9 Å². The highest BCUT2D eigenvalue weighted by Gasteiger charge is 2.07. The molecule has 0 spiro atoms. The number of rotatable bonds is 8. The van der Waals surface area contributed by atoms with Crippen LogP contribution < -0.4 is 4.74 Å². The standard InChI is InChI=1S/C15H24N2O3/c1-16(9-10-17(2)12-15(18)20-4)11-13-5-7-14(19-3)8-6-13/h5-8H,9-12H2,1-4H3. The average Bonchev–Trinajstić information content (AvgIpc) is 2.45. The van der Waals surface area contributed by atoms with Gasteiger partial charge in [-0.3, -0.25) is 9.69 Å². The first-order valence-electron chi connectivity index (χ1n) is 6.62. The van der Waals surface area contributed by atoms with Crippen LogP contribution in [0.25, 0.3) is 0 Å². The van der Waals surface area contributed by atoms with Gasteiger partial charge in [0.25, 0.3) is 0 Å². The maximum absolute atomic E-state index is 11.1. The topological polar surface area (TPSA) is 42.0 Å². The summed E-state index contributed by atoms with van der Waals surface area (Å²) < 4.78 is 9.78. The molecule has 0 radical (unpaired) electrons. The Balaban J connectivity index is 2.31. The summed E-state index contributed by atoms with van der Waals surface area (Å²) in [5, 5.41) is 0. The highest BCUT2D eigenvalue weighted by atomic mass is 16.5. The summed E-state index contributed by atoms with van der Waals surface area (Å²) in [6.07, 6.45) is 0. The van der Waals surface area contributed by atoms with E-state index in [0.717, 1.165) is 25.4 Å². The molecule has 1 aromatic rings. The Bertz CT molecular complexity index is 406. The van der Waals surface area contributed by atoms with Crippen molar-refractivity contribution in [2.45, 2.75) is 6.54 Å². The molecule has 0 N–H and O–H groups in total. The molecule has 0 fully saturated rings. The van der Waals surface area contributed by atoms with Crippen molar-refractivity contribution in [1.82, 2.24) is 9.80 Å². The molecule has 112 valence electrons. The molecule has 0 saturated heterocycles. The van der Waals surface area contributed by atoms with E-state index in [0.29, 0.717) is 6.54 Å². The van der Waals surface area contributed by atoms with Gasteiger partial charge in [-0.2, -0.15) is 0 Å². The first kappa shape index (κ1) is 16.5. The second-order valence-electron chi connectivity index (χ2n) is 4.90.